The molecule has 0 radical (unpaired) electrons. The van der Waals surface area contributed by atoms with Crippen LogP contribution in [0.5, 0.6) is 0 Å². The lowest BCUT2D eigenvalue weighted by atomic mass is 10.0. The third kappa shape index (κ3) is 4.57. The Morgan fingerprint density at radius 3 is 2.38 bits per heavy atom. The molecule has 0 atom stereocenters. The van der Waals surface area contributed by atoms with Gasteiger partial charge >= 0.3 is 0 Å². The van der Waals surface area contributed by atoms with Crippen molar-refractivity contribution in [2.75, 3.05) is 25.9 Å². The molecule has 0 aromatic rings. The smallest absolute Gasteiger partial charge is 0.241 e. The van der Waals surface area contributed by atoms with E-state index in [1.807, 2.05) is 4.90 Å². The van der Waals surface area contributed by atoms with Gasteiger partial charge in [-0.2, -0.15) is 0 Å². The number of carbonyl (C=O) groups excluding carboxylic acids is 1. The number of hydrogen-bond donors (Lipinski definition) is 3. The summed E-state index contributed by atoms with van der Waals surface area (Å²) < 4.78 is 21.8. The van der Waals surface area contributed by atoms with Crippen molar-refractivity contribution >= 4 is 21.6 Å². The molecular weight excluding hydrogens is 296 g/mol. The molecule has 21 heavy (non-hydrogen) atoms. The standard InChI is InChI=1S/C12H24N4O4S/c1-12(2,21(3,19)20)11(17)14-9-4-6-16(7-5-9)8-10(13)15-18/h9,18H,4-8H2,1-3H3,(H2,13,15)(H,14,17). The van der Waals surface area contributed by atoms with Gasteiger partial charge in [0.25, 0.3) is 0 Å². The van der Waals surface area contributed by atoms with E-state index >= 15 is 0 Å². The molecule has 1 fully saturated rings. The van der Waals surface area contributed by atoms with Crippen LogP contribution in [0.3, 0.4) is 0 Å². The Hall–Kier alpha value is -1.35. The Morgan fingerprint density at radius 2 is 1.95 bits per heavy atom. The molecule has 0 aliphatic carbocycles. The van der Waals surface area contributed by atoms with Crippen molar-refractivity contribution in [2.45, 2.75) is 37.5 Å². The number of piperidine rings is 1. The summed E-state index contributed by atoms with van der Waals surface area (Å²) in [6, 6.07) is -0.0536. The van der Waals surface area contributed by atoms with Crippen LogP contribution in [-0.4, -0.2) is 66.9 Å². The first kappa shape index (κ1) is 17.7. The first-order valence-corrected chi connectivity index (χ1v) is 8.66. The minimum absolute atomic E-state index is 0.0536. The summed E-state index contributed by atoms with van der Waals surface area (Å²) in [6.45, 7) is 4.59. The molecule has 1 aliphatic heterocycles. The van der Waals surface area contributed by atoms with E-state index in [-0.39, 0.29) is 11.9 Å². The molecule has 1 rings (SSSR count). The Kier molecular flexibility index (Phi) is 5.57. The average molecular weight is 320 g/mol. The van der Waals surface area contributed by atoms with Gasteiger partial charge in [0.2, 0.25) is 5.91 Å². The van der Waals surface area contributed by atoms with Crippen molar-refractivity contribution in [3.63, 3.8) is 0 Å². The second kappa shape index (κ2) is 6.61. The lowest BCUT2D eigenvalue weighted by molar-refractivity contribution is -0.123. The molecule has 4 N–H and O–H groups in total. The third-order valence-electron chi connectivity index (χ3n) is 3.91. The Labute approximate surface area is 125 Å². The molecule has 1 aliphatic rings. The number of likely N-dealkylation sites (tertiary alicyclic amines) is 1. The van der Waals surface area contributed by atoms with Crippen molar-refractivity contribution in [3.05, 3.63) is 0 Å². The van der Waals surface area contributed by atoms with Crippen LogP contribution in [0.4, 0.5) is 0 Å². The van der Waals surface area contributed by atoms with E-state index in [4.69, 9.17) is 10.9 Å². The number of nitrogens with one attached hydrogen (secondary N) is 1. The predicted molar refractivity (Wildman–Crippen MR) is 79.9 cm³/mol. The van der Waals surface area contributed by atoms with Gasteiger partial charge in [-0.05, 0) is 26.7 Å². The quantitative estimate of drug-likeness (QED) is 0.262. The number of rotatable bonds is 5. The number of sulfone groups is 1. The van der Waals surface area contributed by atoms with Crippen molar-refractivity contribution in [3.8, 4) is 0 Å². The van der Waals surface area contributed by atoms with Crippen molar-refractivity contribution < 1.29 is 18.4 Å². The lowest BCUT2D eigenvalue weighted by Gasteiger charge is -2.33. The van der Waals surface area contributed by atoms with E-state index in [9.17, 15) is 13.2 Å². The first-order valence-electron chi connectivity index (χ1n) is 6.77. The van der Waals surface area contributed by atoms with E-state index in [0.717, 1.165) is 6.26 Å². The topological polar surface area (TPSA) is 125 Å². The first-order chi connectivity index (χ1) is 9.57. The molecule has 1 amide bonds. The van der Waals surface area contributed by atoms with Crippen LogP contribution < -0.4 is 11.1 Å². The summed E-state index contributed by atoms with van der Waals surface area (Å²) in [4.78, 5) is 14.1. The van der Waals surface area contributed by atoms with Gasteiger partial charge < -0.3 is 16.3 Å². The van der Waals surface area contributed by atoms with Crippen LogP contribution in [0.2, 0.25) is 0 Å². The highest BCUT2D eigenvalue weighted by Gasteiger charge is 2.39. The molecule has 8 nitrogen and oxygen atoms in total. The van der Waals surface area contributed by atoms with Gasteiger partial charge in [0, 0.05) is 25.4 Å². The highest BCUT2D eigenvalue weighted by molar-refractivity contribution is 7.92. The third-order valence-corrected chi connectivity index (χ3v) is 5.95. The summed E-state index contributed by atoms with van der Waals surface area (Å²) in [5, 5.41) is 14.2. The van der Waals surface area contributed by atoms with Crippen LogP contribution in [0.25, 0.3) is 0 Å². The summed E-state index contributed by atoms with van der Waals surface area (Å²) in [5.74, 6) is -0.324. The summed E-state index contributed by atoms with van der Waals surface area (Å²) in [6.07, 6.45) is 2.46. The van der Waals surface area contributed by atoms with Crippen LogP contribution in [-0.2, 0) is 14.6 Å². The number of nitrogens with zero attached hydrogens (tertiary/aromatic N) is 2. The number of amidine groups is 1. The van der Waals surface area contributed by atoms with E-state index in [0.29, 0.717) is 32.5 Å². The van der Waals surface area contributed by atoms with Crippen molar-refractivity contribution in [2.24, 2.45) is 10.9 Å². The van der Waals surface area contributed by atoms with Gasteiger partial charge in [0.15, 0.2) is 15.7 Å². The molecule has 9 heteroatoms. The molecule has 1 heterocycles. The molecule has 122 valence electrons. The molecule has 0 saturated carbocycles. The van der Waals surface area contributed by atoms with E-state index < -0.39 is 20.5 Å². The minimum Gasteiger partial charge on any atom is -0.409 e. The van der Waals surface area contributed by atoms with Crippen molar-refractivity contribution in [1.82, 2.24) is 10.2 Å². The second-order valence-electron chi connectivity index (χ2n) is 5.90. The van der Waals surface area contributed by atoms with Crippen LogP contribution in [0, 0.1) is 0 Å². The van der Waals surface area contributed by atoms with E-state index in [1.165, 1.54) is 13.8 Å². The fraction of sp³-hybridized carbons (Fsp3) is 0.833. The second-order valence-corrected chi connectivity index (χ2v) is 8.46. The Balaban J connectivity index is 2.52. The molecule has 0 bridgehead atoms. The van der Waals surface area contributed by atoms with Gasteiger partial charge in [-0.15, -0.1) is 0 Å². The van der Waals surface area contributed by atoms with E-state index in [2.05, 4.69) is 10.5 Å². The van der Waals surface area contributed by atoms with Gasteiger partial charge in [0.1, 0.15) is 4.75 Å². The SMILES string of the molecule is CC(C)(C(=O)NC1CCN(CC(N)=NO)CC1)S(C)(=O)=O. The highest BCUT2D eigenvalue weighted by Crippen LogP contribution is 2.17. The summed E-state index contributed by atoms with van der Waals surface area (Å²) in [7, 11) is -3.46. The maximum absolute atomic E-state index is 12.1. The van der Waals surface area contributed by atoms with Gasteiger partial charge in [-0.1, -0.05) is 5.16 Å². The minimum atomic E-state index is -3.46. The summed E-state index contributed by atoms with van der Waals surface area (Å²) >= 11 is 0. The summed E-state index contributed by atoms with van der Waals surface area (Å²) in [5.41, 5.74) is 5.45. The lowest BCUT2D eigenvalue weighted by Crippen LogP contribution is -2.53. The molecule has 0 unspecified atom stereocenters. The number of oxime groups is 1. The predicted octanol–water partition coefficient (Wildman–Crippen LogP) is -0.863. The van der Waals surface area contributed by atoms with Gasteiger partial charge in [-0.25, -0.2) is 8.42 Å². The normalized spacial score (nSPS) is 19.5. The maximum atomic E-state index is 12.1. The van der Waals surface area contributed by atoms with Gasteiger partial charge in [0.05, 0.1) is 6.54 Å². The van der Waals surface area contributed by atoms with Crippen LogP contribution in [0.15, 0.2) is 5.16 Å². The fourth-order valence-electron chi connectivity index (χ4n) is 2.02. The molecule has 0 spiro atoms. The molecule has 0 aromatic carbocycles. The van der Waals surface area contributed by atoms with Crippen LogP contribution >= 0.6 is 0 Å². The number of nitrogens with two attached hydrogens (primary N) is 1. The zero-order valence-corrected chi connectivity index (χ0v) is 13.5. The largest absolute Gasteiger partial charge is 0.409 e. The molecule has 0 aromatic heterocycles. The zero-order chi connectivity index (χ0) is 16.3. The Bertz CT molecular complexity index is 507. The molecular formula is C12H24N4O4S. The average Bonchev–Trinajstić information content (AvgIpc) is 2.39. The van der Waals surface area contributed by atoms with Crippen LogP contribution in [0.1, 0.15) is 26.7 Å². The van der Waals surface area contributed by atoms with Crippen molar-refractivity contribution in [1.29, 1.82) is 0 Å². The van der Waals surface area contributed by atoms with E-state index in [1.54, 1.807) is 0 Å². The number of amides is 1. The Morgan fingerprint density at radius 1 is 1.43 bits per heavy atom. The highest BCUT2D eigenvalue weighted by atomic mass is 32.2. The fourth-order valence-corrected chi connectivity index (χ4v) is 2.42. The molecule has 1 saturated heterocycles. The number of hydrogen-bond acceptors (Lipinski definition) is 6. The number of carbonyl (C=O) groups is 1. The maximum Gasteiger partial charge on any atom is 0.241 e. The zero-order valence-electron chi connectivity index (χ0n) is 12.7. The van der Waals surface area contributed by atoms with Gasteiger partial charge in [-0.3, -0.25) is 9.69 Å². The monoisotopic (exact) mass is 320 g/mol.